The van der Waals surface area contributed by atoms with E-state index in [1.54, 1.807) is 23.0 Å². The van der Waals surface area contributed by atoms with Gasteiger partial charge < -0.3 is 0 Å². The summed E-state index contributed by atoms with van der Waals surface area (Å²) in [6.07, 6.45) is 6.43. The van der Waals surface area contributed by atoms with Crippen LogP contribution in [-0.4, -0.2) is 29.5 Å². The molecule has 0 aliphatic rings. The highest BCUT2D eigenvalue weighted by Crippen LogP contribution is 2.19. The summed E-state index contributed by atoms with van der Waals surface area (Å²) in [5, 5.41) is 8.45. The summed E-state index contributed by atoms with van der Waals surface area (Å²) in [5.41, 5.74) is 2.04. The Morgan fingerprint density at radius 2 is 1.94 bits per heavy atom. The van der Waals surface area contributed by atoms with Gasteiger partial charge in [0.2, 0.25) is 0 Å². The molecule has 84 valence electrons. The van der Waals surface area contributed by atoms with Crippen molar-refractivity contribution in [1.82, 2.24) is 29.5 Å². The maximum atomic E-state index is 6.06. The summed E-state index contributed by atoms with van der Waals surface area (Å²) in [4.78, 5) is 12.4. The first-order valence-corrected chi connectivity index (χ1v) is 5.27. The monoisotopic (exact) mass is 246 g/mol. The molecule has 0 atom stereocenters. The molecule has 3 aromatic rings. The van der Waals surface area contributed by atoms with Crippen LogP contribution >= 0.6 is 11.6 Å². The van der Waals surface area contributed by atoms with Gasteiger partial charge in [-0.25, -0.2) is 4.98 Å². The van der Waals surface area contributed by atoms with Gasteiger partial charge in [-0.1, -0.05) is 11.6 Å². The van der Waals surface area contributed by atoms with E-state index in [1.165, 1.54) is 6.20 Å². The highest BCUT2D eigenvalue weighted by Gasteiger charge is 2.12. The molecule has 0 saturated heterocycles. The number of fused-ring (bicyclic) bond motifs is 1. The average molecular weight is 247 g/mol. The van der Waals surface area contributed by atoms with Crippen LogP contribution in [0.25, 0.3) is 17.2 Å². The minimum absolute atomic E-state index is 0.435. The highest BCUT2D eigenvalue weighted by molar-refractivity contribution is 6.29. The lowest BCUT2D eigenvalue weighted by molar-refractivity contribution is 1.05. The van der Waals surface area contributed by atoms with E-state index >= 15 is 0 Å². The van der Waals surface area contributed by atoms with Crippen LogP contribution < -0.4 is 0 Å². The molecular formula is C10H7ClN6. The largest absolute Gasteiger partial charge is 0.261 e. The van der Waals surface area contributed by atoms with Gasteiger partial charge in [0, 0.05) is 6.20 Å². The van der Waals surface area contributed by atoms with Gasteiger partial charge in [0.05, 0.1) is 24.3 Å². The topological polar surface area (TPSA) is 68.9 Å². The lowest BCUT2D eigenvalue weighted by Gasteiger charge is -2.00. The predicted octanol–water partition coefficient (Wildman–Crippen LogP) is 1.54. The average Bonchev–Trinajstić information content (AvgIpc) is 2.75. The molecule has 6 nitrogen and oxygen atoms in total. The predicted molar refractivity (Wildman–Crippen MR) is 61.6 cm³/mol. The minimum atomic E-state index is 0.435. The molecule has 0 spiro atoms. The first-order valence-electron chi connectivity index (χ1n) is 4.89. The first-order chi connectivity index (χ1) is 8.25. The van der Waals surface area contributed by atoms with Crippen LogP contribution in [0.5, 0.6) is 0 Å². The maximum absolute atomic E-state index is 6.06. The molecule has 3 aromatic heterocycles. The minimum Gasteiger partial charge on any atom is -0.261 e. The lowest BCUT2D eigenvalue weighted by Crippen LogP contribution is -1.95. The van der Waals surface area contributed by atoms with Gasteiger partial charge in [-0.3, -0.25) is 14.4 Å². The number of aromatic nitrogens is 6. The van der Waals surface area contributed by atoms with Crippen molar-refractivity contribution in [3.05, 3.63) is 35.6 Å². The number of nitrogens with zero attached hydrogens (tertiary/aromatic N) is 6. The van der Waals surface area contributed by atoms with Crippen molar-refractivity contribution < 1.29 is 0 Å². The molecule has 0 radical (unpaired) electrons. The van der Waals surface area contributed by atoms with Gasteiger partial charge in [0.15, 0.2) is 11.5 Å². The van der Waals surface area contributed by atoms with Crippen molar-refractivity contribution in [1.29, 1.82) is 0 Å². The normalized spacial score (nSPS) is 10.9. The Morgan fingerprint density at radius 3 is 2.71 bits per heavy atom. The number of hydrogen-bond donors (Lipinski definition) is 0. The Kier molecular flexibility index (Phi) is 2.22. The van der Waals surface area contributed by atoms with Crippen LogP contribution in [0.1, 0.15) is 5.69 Å². The fourth-order valence-corrected chi connectivity index (χ4v) is 1.71. The third-order valence-electron chi connectivity index (χ3n) is 2.28. The molecule has 3 rings (SSSR count). The van der Waals surface area contributed by atoms with E-state index in [-0.39, 0.29) is 0 Å². The molecule has 7 heteroatoms. The lowest BCUT2D eigenvalue weighted by atomic mass is 10.4. The number of aryl methyl sites for hydroxylation is 1. The van der Waals surface area contributed by atoms with Gasteiger partial charge in [0.1, 0.15) is 10.8 Å². The summed E-state index contributed by atoms with van der Waals surface area (Å²) in [6, 6.07) is 0. The van der Waals surface area contributed by atoms with Crippen LogP contribution in [0.2, 0.25) is 5.15 Å². The Hall–Kier alpha value is -2.08. The van der Waals surface area contributed by atoms with Crippen LogP contribution in [0.15, 0.2) is 24.8 Å². The summed E-state index contributed by atoms with van der Waals surface area (Å²) >= 11 is 6.06. The molecule has 0 bridgehead atoms. The zero-order chi connectivity index (χ0) is 11.8. The quantitative estimate of drug-likeness (QED) is 0.652. The number of rotatable bonds is 1. The van der Waals surface area contributed by atoms with Crippen molar-refractivity contribution in [3.63, 3.8) is 0 Å². The van der Waals surface area contributed by atoms with Crippen molar-refractivity contribution in [2.24, 2.45) is 0 Å². The van der Waals surface area contributed by atoms with Crippen LogP contribution in [0.3, 0.4) is 0 Å². The first kappa shape index (κ1) is 10.1. The third-order valence-corrected chi connectivity index (χ3v) is 2.55. The highest BCUT2D eigenvalue weighted by atomic mass is 35.5. The van der Waals surface area contributed by atoms with Gasteiger partial charge in [-0.05, 0) is 6.92 Å². The fraction of sp³-hybridized carbons (Fsp3) is 0.100. The molecule has 3 heterocycles. The Balaban J connectivity index is 2.27. The van der Waals surface area contributed by atoms with E-state index in [9.17, 15) is 0 Å². The van der Waals surface area contributed by atoms with Gasteiger partial charge in [0.25, 0.3) is 0 Å². The van der Waals surface area contributed by atoms with E-state index in [1.807, 2.05) is 6.92 Å². The summed E-state index contributed by atoms with van der Waals surface area (Å²) in [5.74, 6) is 0.555. The fourth-order valence-electron chi connectivity index (χ4n) is 1.49. The SMILES string of the molecule is Cc1cnc(-c2nnc3cncc(Cl)n23)cn1. The molecular weight excluding hydrogens is 240 g/mol. The molecule has 0 N–H and O–H groups in total. The Labute approximate surface area is 101 Å². The van der Waals surface area contributed by atoms with E-state index < -0.39 is 0 Å². The smallest absolute Gasteiger partial charge is 0.189 e. The Bertz CT molecular complexity index is 675. The van der Waals surface area contributed by atoms with Crippen molar-refractivity contribution >= 4 is 17.2 Å². The molecule has 0 aliphatic carbocycles. The summed E-state index contributed by atoms with van der Waals surface area (Å²) < 4.78 is 1.67. The molecule has 0 aliphatic heterocycles. The van der Waals surface area contributed by atoms with E-state index in [4.69, 9.17) is 11.6 Å². The van der Waals surface area contributed by atoms with Crippen LogP contribution in [-0.2, 0) is 0 Å². The summed E-state index contributed by atoms with van der Waals surface area (Å²) in [7, 11) is 0. The standard InChI is InChI=1S/C10H7ClN6/c1-6-2-14-7(3-13-6)10-16-15-9-5-12-4-8(11)17(9)10/h2-5H,1H3. The molecule has 17 heavy (non-hydrogen) atoms. The molecule has 0 amide bonds. The number of hydrogen-bond acceptors (Lipinski definition) is 5. The molecule has 0 aromatic carbocycles. The van der Waals surface area contributed by atoms with Crippen LogP contribution in [0, 0.1) is 6.92 Å². The van der Waals surface area contributed by atoms with Crippen LogP contribution in [0.4, 0.5) is 0 Å². The zero-order valence-corrected chi connectivity index (χ0v) is 9.63. The van der Waals surface area contributed by atoms with E-state index in [2.05, 4.69) is 25.1 Å². The van der Waals surface area contributed by atoms with Gasteiger partial charge >= 0.3 is 0 Å². The Morgan fingerprint density at radius 1 is 1.06 bits per heavy atom. The van der Waals surface area contributed by atoms with Gasteiger partial charge in [-0.2, -0.15) is 0 Å². The van der Waals surface area contributed by atoms with Gasteiger partial charge in [-0.15, -0.1) is 10.2 Å². The second-order valence-corrected chi connectivity index (χ2v) is 3.88. The summed E-state index contributed by atoms with van der Waals surface area (Å²) in [6.45, 7) is 1.87. The van der Waals surface area contributed by atoms with E-state index in [0.29, 0.717) is 22.3 Å². The zero-order valence-electron chi connectivity index (χ0n) is 8.87. The molecule has 0 unspecified atom stereocenters. The van der Waals surface area contributed by atoms with E-state index in [0.717, 1.165) is 5.69 Å². The maximum Gasteiger partial charge on any atom is 0.189 e. The molecule has 0 fully saturated rings. The number of halogens is 1. The third kappa shape index (κ3) is 1.62. The van der Waals surface area contributed by atoms with Crippen molar-refractivity contribution in [3.8, 4) is 11.5 Å². The van der Waals surface area contributed by atoms with Crippen molar-refractivity contribution in [2.45, 2.75) is 6.92 Å². The molecule has 0 saturated carbocycles. The van der Waals surface area contributed by atoms with Crippen molar-refractivity contribution in [2.75, 3.05) is 0 Å². The second kappa shape index (κ2) is 3.74. The second-order valence-electron chi connectivity index (χ2n) is 3.49.